The number of halogens is 4. The minimum Gasteiger partial charge on any atom is -0.490 e. The van der Waals surface area contributed by atoms with Crippen LogP contribution in [-0.4, -0.2) is 23.8 Å². The van der Waals surface area contributed by atoms with E-state index in [2.05, 4.69) is 10.5 Å². The van der Waals surface area contributed by atoms with Crippen molar-refractivity contribution in [2.75, 3.05) is 12.0 Å². The fourth-order valence-electron chi connectivity index (χ4n) is 2.45. The number of nitrogens with zero attached hydrogens (tertiary/aromatic N) is 2. The number of benzene rings is 2. The van der Waals surface area contributed by atoms with Crippen molar-refractivity contribution >= 4 is 29.2 Å². The predicted molar refractivity (Wildman–Crippen MR) is 112 cm³/mol. The lowest BCUT2D eigenvalue weighted by Gasteiger charge is -2.18. The minimum atomic E-state index is -4.70. The molecule has 0 radical (unpaired) electrons. The van der Waals surface area contributed by atoms with E-state index >= 15 is 0 Å². The van der Waals surface area contributed by atoms with Gasteiger partial charge in [-0.05, 0) is 50.1 Å². The second-order valence-corrected chi connectivity index (χ2v) is 6.86. The summed E-state index contributed by atoms with van der Waals surface area (Å²) < 4.78 is 49.8. The van der Waals surface area contributed by atoms with Gasteiger partial charge in [0.2, 0.25) is 0 Å². The molecule has 0 amide bonds. The van der Waals surface area contributed by atoms with Crippen molar-refractivity contribution in [2.45, 2.75) is 39.5 Å². The molecule has 0 fully saturated rings. The van der Waals surface area contributed by atoms with Gasteiger partial charge in [-0.2, -0.15) is 18.3 Å². The summed E-state index contributed by atoms with van der Waals surface area (Å²) in [5.41, 5.74) is 0.815. The Morgan fingerprint density at radius 3 is 2.58 bits per heavy atom. The number of nitro groups is 1. The summed E-state index contributed by atoms with van der Waals surface area (Å²) in [6.07, 6.45) is -2.71. The first kappa shape index (κ1) is 24.3. The van der Waals surface area contributed by atoms with E-state index in [-0.39, 0.29) is 16.8 Å². The number of ether oxygens (including phenoxy) is 2. The first-order valence-electron chi connectivity index (χ1n) is 9.34. The number of rotatable bonds is 9. The second kappa shape index (κ2) is 10.3. The first-order valence-corrected chi connectivity index (χ1v) is 9.72. The van der Waals surface area contributed by atoms with Gasteiger partial charge in [0.05, 0.1) is 34.4 Å². The van der Waals surface area contributed by atoms with Crippen LogP contribution in [0.4, 0.5) is 24.5 Å². The fourth-order valence-corrected chi connectivity index (χ4v) is 2.72. The first-order chi connectivity index (χ1) is 14.6. The normalized spacial score (nSPS) is 12.6. The molecule has 1 N–H and O–H groups in total. The number of hydrogen-bond donors (Lipinski definition) is 1. The maximum Gasteiger partial charge on any atom is 0.416 e. The minimum absolute atomic E-state index is 0.0851. The van der Waals surface area contributed by atoms with Gasteiger partial charge < -0.3 is 9.47 Å². The van der Waals surface area contributed by atoms with Crippen LogP contribution in [0.5, 0.6) is 11.5 Å². The molecule has 11 heteroatoms. The van der Waals surface area contributed by atoms with E-state index in [1.54, 1.807) is 19.1 Å². The fraction of sp³-hybridized carbons (Fsp3) is 0.350. The molecule has 0 heterocycles. The van der Waals surface area contributed by atoms with Gasteiger partial charge in [-0.25, -0.2) is 0 Å². The van der Waals surface area contributed by atoms with Crippen LogP contribution < -0.4 is 14.9 Å². The third-order valence-electron chi connectivity index (χ3n) is 4.15. The molecule has 2 aromatic carbocycles. The van der Waals surface area contributed by atoms with Crippen LogP contribution in [0.15, 0.2) is 35.4 Å². The van der Waals surface area contributed by atoms with Crippen molar-refractivity contribution in [3.8, 4) is 11.5 Å². The molecule has 0 aliphatic rings. The van der Waals surface area contributed by atoms with E-state index in [0.29, 0.717) is 29.7 Å². The summed E-state index contributed by atoms with van der Waals surface area (Å²) >= 11 is 6.31. The van der Waals surface area contributed by atoms with E-state index in [1.807, 2.05) is 13.8 Å². The lowest BCUT2D eigenvalue weighted by atomic mass is 10.1. The summed E-state index contributed by atoms with van der Waals surface area (Å²) in [6, 6.07) is 5.31. The van der Waals surface area contributed by atoms with Crippen LogP contribution in [0.2, 0.25) is 5.02 Å². The summed E-state index contributed by atoms with van der Waals surface area (Å²) in [5.74, 6) is 0.790. The Kier molecular flexibility index (Phi) is 8.09. The molecule has 0 aliphatic heterocycles. The largest absolute Gasteiger partial charge is 0.490 e. The zero-order valence-corrected chi connectivity index (χ0v) is 17.8. The maximum absolute atomic E-state index is 12.8. The zero-order valence-electron chi connectivity index (χ0n) is 17.0. The second-order valence-electron chi connectivity index (χ2n) is 6.46. The molecule has 0 saturated carbocycles. The number of hydrogen-bond acceptors (Lipinski definition) is 6. The van der Waals surface area contributed by atoms with Crippen LogP contribution in [0.25, 0.3) is 0 Å². The highest BCUT2D eigenvalue weighted by Gasteiger charge is 2.33. The van der Waals surface area contributed by atoms with Gasteiger partial charge in [-0.1, -0.05) is 18.5 Å². The van der Waals surface area contributed by atoms with E-state index in [1.165, 1.54) is 6.21 Å². The lowest BCUT2D eigenvalue weighted by molar-refractivity contribution is -0.384. The van der Waals surface area contributed by atoms with E-state index < -0.39 is 22.4 Å². The third kappa shape index (κ3) is 6.48. The summed E-state index contributed by atoms with van der Waals surface area (Å²) in [5, 5.41) is 15.3. The molecule has 31 heavy (non-hydrogen) atoms. The van der Waals surface area contributed by atoms with Gasteiger partial charge in [0.15, 0.2) is 11.5 Å². The monoisotopic (exact) mass is 459 g/mol. The molecule has 0 saturated heterocycles. The Labute approximate surface area is 182 Å². The molecular formula is C20H21ClF3N3O4. The van der Waals surface area contributed by atoms with Gasteiger partial charge in [0, 0.05) is 6.07 Å². The van der Waals surface area contributed by atoms with Gasteiger partial charge in [-0.15, -0.1) is 0 Å². The molecule has 0 aromatic heterocycles. The average molecular weight is 460 g/mol. The van der Waals surface area contributed by atoms with Crippen LogP contribution in [-0.2, 0) is 6.18 Å². The maximum atomic E-state index is 12.8. The summed E-state index contributed by atoms with van der Waals surface area (Å²) in [7, 11) is 0. The molecule has 0 aliphatic carbocycles. The number of nitro benzene ring substituents is 1. The van der Waals surface area contributed by atoms with E-state index in [9.17, 15) is 23.3 Å². The lowest BCUT2D eigenvalue weighted by Crippen LogP contribution is -2.11. The number of anilines is 1. The molecule has 168 valence electrons. The van der Waals surface area contributed by atoms with E-state index in [4.69, 9.17) is 21.1 Å². The van der Waals surface area contributed by atoms with Crippen LogP contribution in [0, 0.1) is 10.1 Å². The Bertz CT molecular complexity index is 967. The van der Waals surface area contributed by atoms with Crippen LogP contribution in [0.1, 0.15) is 38.3 Å². The number of hydrazone groups is 1. The standard InChI is InChI=1S/C20H21ClF3N3O4/c1-4-12(3)31-19-15(21)8-13(9-18(19)30-5-2)11-25-26-16-7-6-14(20(22,23)24)10-17(16)27(28)29/h6-12,26H,4-5H2,1-3H3/b25-11-/t12-/m1/s1. The van der Waals surface area contributed by atoms with Gasteiger partial charge in [0.25, 0.3) is 5.69 Å². The Balaban J connectivity index is 2.29. The van der Waals surface area contributed by atoms with Crippen molar-refractivity contribution in [1.82, 2.24) is 0 Å². The molecule has 0 bridgehead atoms. The molecule has 2 rings (SSSR count). The van der Waals surface area contributed by atoms with Crippen molar-refractivity contribution in [3.05, 3.63) is 56.6 Å². The van der Waals surface area contributed by atoms with Crippen LogP contribution >= 0.6 is 11.6 Å². The Morgan fingerprint density at radius 2 is 2.00 bits per heavy atom. The number of nitrogens with one attached hydrogen (secondary N) is 1. The van der Waals surface area contributed by atoms with Crippen molar-refractivity contribution in [1.29, 1.82) is 0 Å². The highest BCUT2D eigenvalue weighted by atomic mass is 35.5. The summed E-state index contributed by atoms with van der Waals surface area (Å²) in [6.45, 7) is 6.02. The highest BCUT2D eigenvalue weighted by Crippen LogP contribution is 2.38. The molecular weight excluding hydrogens is 439 g/mol. The van der Waals surface area contributed by atoms with Crippen molar-refractivity contribution in [3.63, 3.8) is 0 Å². The molecule has 2 aromatic rings. The molecule has 7 nitrogen and oxygen atoms in total. The van der Waals surface area contributed by atoms with Crippen LogP contribution in [0.3, 0.4) is 0 Å². The zero-order chi connectivity index (χ0) is 23.2. The highest BCUT2D eigenvalue weighted by molar-refractivity contribution is 6.32. The summed E-state index contributed by atoms with van der Waals surface area (Å²) in [4.78, 5) is 10.2. The van der Waals surface area contributed by atoms with Gasteiger partial charge >= 0.3 is 6.18 Å². The quantitative estimate of drug-likeness (QED) is 0.270. The SMILES string of the molecule is CCOc1cc(/C=N\Nc2ccc(C(F)(F)F)cc2[N+](=O)[O-])cc(Cl)c1O[C@H](C)CC. The Hall–Kier alpha value is -3.01. The van der Waals surface area contributed by atoms with Gasteiger partial charge in [-0.3, -0.25) is 15.5 Å². The molecule has 0 spiro atoms. The smallest absolute Gasteiger partial charge is 0.416 e. The predicted octanol–water partition coefficient (Wildman–Crippen LogP) is 6.29. The molecule has 0 unspecified atom stereocenters. The van der Waals surface area contributed by atoms with Gasteiger partial charge in [0.1, 0.15) is 5.69 Å². The topological polar surface area (TPSA) is 86.0 Å². The van der Waals surface area contributed by atoms with E-state index in [0.717, 1.165) is 18.6 Å². The Morgan fingerprint density at radius 1 is 1.29 bits per heavy atom. The molecule has 1 atom stereocenters. The third-order valence-corrected chi connectivity index (χ3v) is 4.43. The average Bonchev–Trinajstić information content (AvgIpc) is 2.69. The number of alkyl halides is 3. The van der Waals surface area contributed by atoms with Crippen molar-refractivity contribution in [2.24, 2.45) is 5.10 Å². The van der Waals surface area contributed by atoms with Crippen molar-refractivity contribution < 1.29 is 27.6 Å².